The van der Waals surface area contributed by atoms with Crippen LogP contribution in [-0.4, -0.2) is 32.3 Å². The van der Waals surface area contributed by atoms with Crippen molar-refractivity contribution in [3.63, 3.8) is 0 Å². The van der Waals surface area contributed by atoms with Gasteiger partial charge >= 0.3 is 0 Å². The van der Waals surface area contributed by atoms with Crippen LogP contribution >= 0.6 is 0 Å². The van der Waals surface area contributed by atoms with Gasteiger partial charge in [0.2, 0.25) is 0 Å². The molecule has 0 aromatic heterocycles. The molecule has 0 aliphatic rings. The summed E-state index contributed by atoms with van der Waals surface area (Å²) in [6.07, 6.45) is 3.60. The summed E-state index contributed by atoms with van der Waals surface area (Å²) in [5, 5.41) is 0. The lowest BCUT2D eigenvalue weighted by Crippen LogP contribution is -2.07. The molecular formula is C11H19NO2. The van der Waals surface area contributed by atoms with Gasteiger partial charge in [0.05, 0.1) is 12.3 Å². The van der Waals surface area contributed by atoms with E-state index in [1.807, 2.05) is 6.08 Å². The van der Waals surface area contributed by atoms with E-state index in [1.165, 1.54) is 0 Å². The first-order valence-electron chi connectivity index (χ1n) is 4.81. The van der Waals surface area contributed by atoms with Crippen molar-refractivity contribution in [3.8, 4) is 0 Å². The molecule has 0 aliphatic carbocycles. The zero-order valence-corrected chi connectivity index (χ0v) is 9.46. The minimum absolute atomic E-state index is 0.115. The fourth-order valence-electron chi connectivity index (χ4n) is 1.14. The summed E-state index contributed by atoms with van der Waals surface area (Å²) in [6, 6.07) is 0. The predicted octanol–water partition coefficient (Wildman–Crippen LogP) is 2.02. The summed E-state index contributed by atoms with van der Waals surface area (Å²) >= 11 is 0. The van der Waals surface area contributed by atoms with Crippen molar-refractivity contribution >= 4 is 11.5 Å². The monoisotopic (exact) mass is 197 g/mol. The summed E-state index contributed by atoms with van der Waals surface area (Å²) in [4.78, 5) is 15.3. The Balaban J connectivity index is 4.60. The van der Waals surface area contributed by atoms with Gasteiger partial charge < -0.3 is 4.74 Å². The van der Waals surface area contributed by atoms with Gasteiger partial charge in [-0.25, -0.2) is 0 Å². The number of rotatable bonds is 6. The van der Waals surface area contributed by atoms with Crippen LogP contribution in [0.4, 0.5) is 0 Å². The summed E-state index contributed by atoms with van der Waals surface area (Å²) in [6.45, 7) is 4.09. The highest BCUT2D eigenvalue weighted by atomic mass is 16.5. The molecular weight excluding hydrogens is 178 g/mol. The Morgan fingerprint density at radius 2 is 2.14 bits per heavy atom. The number of hydrogen-bond donors (Lipinski definition) is 0. The highest BCUT2D eigenvalue weighted by molar-refractivity contribution is 6.04. The van der Waals surface area contributed by atoms with E-state index in [9.17, 15) is 4.79 Å². The topological polar surface area (TPSA) is 38.7 Å². The number of Topliss-reactive ketones (excluding diaryl/α,β-unsaturated/α-hetero) is 1. The third kappa shape index (κ3) is 4.92. The van der Waals surface area contributed by atoms with Crippen molar-refractivity contribution in [1.82, 2.24) is 0 Å². The minimum atomic E-state index is 0.115. The van der Waals surface area contributed by atoms with Crippen LogP contribution < -0.4 is 0 Å². The van der Waals surface area contributed by atoms with Crippen LogP contribution in [0.15, 0.2) is 16.6 Å². The number of ether oxygens (including phenoxy) is 1. The van der Waals surface area contributed by atoms with Crippen LogP contribution in [0.1, 0.15) is 26.7 Å². The molecule has 0 rings (SSSR count). The fraction of sp³-hybridized carbons (Fsp3) is 0.636. The maximum atomic E-state index is 11.2. The second kappa shape index (κ2) is 7.44. The van der Waals surface area contributed by atoms with Gasteiger partial charge in [0.15, 0.2) is 5.78 Å². The number of methoxy groups -OCH3 is 1. The smallest absolute Gasteiger partial charge is 0.155 e. The second-order valence-electron chi connectivity index (χ2n) is 3.12. The number of carbonyl (C=O) groups excluding carboxylic acids is 1. The van der Waals surface area contributed by atoms with Crippen LogP contribution in [-0.2, 0) is 9.53 Å². The van der Waals surface area contributed by atoms with Crippen molar-refractivity contribution in [3.05, 3.63) is 11.6 Å². The van der Waals surface area contributed by atoms with Crippen LogP contribution in [0.25, 0.3) is 0 Å². The van der Waals surface area contributed by atoms with Gasteiger partial charge in [-0.2, -0.15) is 0 Å². The largest absolute Gasteiger partial charge is 0.378 e. The minimum Gasteiger partial charge on any atom is -0.378 e. The van der Waals surface area contributed by atoms with E-state index in [-0.39, 0.29) is 5.78 Å². The zero-order chi connectivity index (χ0) is 11.0. The number of nitrogens with zero attached hydrogens (tertiary/aromatic N) is 1. The Morgan fingerprint density at radius 1 is 1.50 bits per heavy atom. The Labute approximate surface area is 85.9 Å². The van der Waals surface area contributed by atoms with Gasteiger partial charge in [-0.15, -0.1) is 0 Å². The molecule has 0 fully saturated rings. The normalized spacial score (nSPS) is 13.1. The van der Waals surface area contributed by atoms with Crippen molar-refractivity contribution in [1.29, 1.82) is 0 Å². The molecule has 3 nitrogen and oxygen atoms in total. The highest BCUT2D eigenvalue weighted by Gasteiger charge is 2.04. The summed E-state index contributed by atoms with van der Waals surface area (Å²) in [5.41, 5.74) is 1.64. The first-order chi connectivity index (χ1) is 6.65. The van der Waals surface area contributed by atoms with E-state index < -0.39 is 0 Å². The van der Waals surface area contributed by atoms with Crippen molar-refractivity contribution in [2.24, 2.45) is 4.99 Å². The molecule has 0 bridgehead atoms. The van der Waals surface area contributed by atoms with Gasteiger partial charge in [0, 0.05) is 14.2 Å². The zero-order valence-electron chi connectivity index (χ0n) is 9.46. The van der Waals surface area contributed by atoms with Crippen LogP contribution in [0.5, 0.6) is 0 Å². The van der Waals surface area contributed by atoms with E-state index in [0.717, 1.165) is 24.1 Å². The van der Waals surface area contributed by atoms with Crippen LogP contribution in [0.3, 0.4) is 0 Å². The van der Waals surface area contributed by atoms with Crippen LogP contribution in [0, 0.1) is 0 Å². The van der Waals surface area contributed by atoms with E-state index in [4.69, 9.17) is 4.74 Å². The SMILES string of the molecule is CCC/C(=C\C(COC)=NC)C(C)=O. The van der Waals surface area contributed by atoms with E-state index in [0.29, 0.717) is 6.61 Å². The number of ketones is 1. The Bertz CT molecular complexity index is 242. The molecule has 0 unspecified atom stereocenters. The standard InChI is InChI=1S/C11H19NO2/c1-5-6-10(9(2)13)7-11(12-3)8-14-4/h7H,5-6,8H2,1-4H3/b10-7+,12-11?. The summed E-state index contributed by atoms with van der Waals surface area (Å²) in [7, 11) is 3.32. The van der Waals surface area contributed by atoms with E-state index in [2.05, 4.69) is 11.9 Å². The lowest BCUT2D eigenvalue weighted by Gasteiger charge is -2.03. The van der Waals surface area contributed by atoms with Gasteiger partial charge in [-0.3, -0.25) is 9.79 Å². The van der Waals surface area contributed by atoms with Crippen molar-refractivity contribution in [2.45, 2.75) is 26.7 Å². The molecule has 0 heterocycles. The van der Waals surface area contributed by atoms with E-state index in [1.54, 1.807) is 21.1 Å². The molecule has 3 heteroatoms. The molecule has 80 valence electrons. The Kier molecular flexibility index (Phi) is 6.93. The Hall–Kier alpha value is -0.960. The van der Waals surface area contributed by atoms with Gasteiger partial charge in [-0.1, -0.05) is 13.3 Å². The summed E-state index contributed by atoms with van der Waals surface area (Å²) in [5.74, 6) is 0.115. The molecule has 0 amide bonds. The van der Waals surface area contributed by atoms with Gasteiger partial charge in [0.25, 0.3) is 0 Å². The van der Waals surface area contributed by atoms with E-state index >= 15 is 0 Å². The molecule has 0 N–H and O–H groups in total. The second-order valence-corrected chi connectivity index (χ2v) is 3.12. The number of aliphatic imine (C=N–C) groups is 1. The number of hydrogen-bond acceptors (Lipinski definition) is 3. The van der Waals surface area contributed by atoms with Crippen LogP contribution in [0.2, 0.25) is 0 Å². The molecule has 0 aromatic rings. The maximum absolute atomic E-state index is 11.2. The van der Waals surface area contributed by atoms with Crippen molar-refractivity contribution in [2.75, 3.05) is 20.8 Å². The molecule has 0 saturated carbocycles. The quantitative estimate of drug-likeness (QED) is 0.482. The first kappa shape index (κ1) is 13.0. The third-order valence-electron chi connectivity index (χ3n) is 1.89. The lowest BCUT2D eigenvalue weighted by atomic mass is 10.1. The summed E-state index contributed by atoms with van der Waals surface area (Å²) < 4.78 is 4.97. The third-order valence-corrected chi connectivity index (χ3v) is 1.89. The maximum Gasteiger partial charge on any atom is 0.155 e. The lowest BCUT2D eigenvalue weighted by molar-refractivity contribution is -0.113. The molecule has 0 saturated heterocycles. The average Bonchev–Trinajstić information content (AvgIpc) is 2.15. The predicted molar refractivity (Wildman–Crippen MR) is 58.9 cm³/mol. The first-order valence-corrected chi connectivity index (χ1v) is 4.81. The Morgan fingerprint density at radius 3 is 2.50 bits per heavy atom. The van der Waals surface area contributed by atoms with Gasteiger partial charge in [0.1, 0.15) is 0 Å². The molecule has 0 aromatic carbocycles. The number of allylic oxidation sites excluding steroid dienone is 1. The molecule has 0 spiro atoms. The van der Waals surface area contributed by atoms with Gasteiger partial charge in [-0.05, 0) is 25.0 Å². The molecule has 14 heavy (non-hydrogen) atoms. The molecule has 0 radical (unpaired) electrons. The molecule has 0 aliphatic heterocycles. The number of carbonyl (C=O) groups is 1. The average molecular weight is 197 g/mol. The van der Waals surface area contributed by atoms with Crippen molar-refractivity contribution < 1.29 is 9.53 Å². The highest BCUT2D eigenvalue weighted by Crippen LogP contribution is 2.06. The fourth-order valence-corrected chi connectivity index (χ4v) is 1.14. The molecule has 0 atom stereocenters.